The smallest absolute Gasteiger partial charge is 0.224 e. The van der Waals surface area contributed by atoms with Gasteiger partial charge in [-0.2, -0.15) is 0 Å². The van der Waals surface area contributed by atoms with E-state index in [1.165, 1.54) is 11.3 Å². The molecule has 1 heterocycles. The standard InChI is InChI=1S/C21H26ClN3O/c1-2-5-21(26)23-18-8-10-19(11-9-18)25-14-12-24(13-15-25)16-17-6-3-4-7-20(17)22/h3-4,6-11H,2,5,12-16H2,1H3,(H,23,26). The van der Waals surface area contributed by atoms with Crippen molar-refractivity contribution in [1.82, 2.24) is 4.90 Å². The summed E-state index contributed by atoms with van der Waals surface area (Å²) in [6, 6.07) is 16.2. The highest BCUT2D eigenvalue weighted by molar-refractivity contribution is 6.31. The Hall–Kier alpha value is -2.04. The summed E-state index contributed by atoms with van der Waals surface area (Å²) in [5.74, 6) is 0.0773. The van der Waals surface area contributed by atoms with Crippen molar-refractivity contribution >= 4 is 28.9 Å². The molecule has 4 nitrogen and oxygen atoms in total. The van der Waals surface area contributed by atoms with E-state index in [2.05, 4.69) is 33.3 Å². The lowest BCUT2D eigenvalue weighted by Crippen LogP contribution is -2.46. The molecule has 3 rings (SSSR count). The van der Waals surface area contributed by atoms with E-state index < -0.39 is 0 Å². The van der Waals surface area contributed by atoms with Gasteiger partial charge in [0.05, 0.1) is 0 Å². The fraction of sp³-hybridized carbons (Fsp3) is 0.381. The zero-order valence-corrected chi connectivity index (χ0v) is 16.0. The second kappa shape index (κ2) is 9.06. The van der Waals surface area contributed by atoms with Crippen molar-refractivity contribution in [3.05, 3.63) is 59.1 Å². The van der Waals surface area contributed by atoms with Crippen molar-refractivity contribution < 1.29 is 4.79 Å². The van der Waals surface area contributed by atoms with Gasteiger partial charge in [0.1, 0.15) is 0 Å². The van der Waals surface area contributed by atoms with Gasteiger partial charge in [-0.15, -0.1) is 0 Å². The molecule has 0 radical (unpaired) electrons. The highest BCUT2D eigenvalue weighted by Gasteiger charge is 2.18. The summed E-state index contributed by atoms with van der Waals surface area (Å²) in [6.07, 6.45) is 1.43. The Morgan fingerprint density at radius 2 is 1.73 bits per heavy atom. The van der Waals surface area contributed by atoms with Crippen molar-refractivity contribution in [3.63, 3.8) is 0 Å². The molecule has 1 aliphatic rings. The molecule has 0 spiro atoms. The van der Waals surface area contributed by atoms with Crippen LogP contribution in [0.25, 0.3) is 0 Å². The van der Waals surface area contributed by atoms with Crippen LogP contribution in [0.15, 0.2) is 48.5 Å². The van der Waals surface area contributed by atoms with Gasteiger partial charge in [0, 0.05) is 55.5 Å². The van der Waals surface area contributed by atoms with Crippen LogP contribution in [0.1, 0.15) is 25.3 Å². The number of benzene rings is 2. The van der Waals surface area contributed by atoms with Crippen molar-refractivity contribution in [3.8, 4) is 0 Å². The molecule has 1 amide bonds. The summed E-state index contributed by atoms with van der Waals surface area (Å²) in [5, 5.41) is 3.78. The maximum atomic E-state index is 11.7. The first-order chi connectivity index (χ1) is 12.7. The van der Waals surface area contributed by atoms with E-state index in [-0.39, 0.29) is 5.91 Å². The van der Waals surface area contributed by atoms with Crippen LogP contribution in [0.4, 0.5) is 11.4 Å². The van der Waals surface area contributed by atoms with E-state index in [0.717, 1.165) is 49.9 Å². The molecule has 0 bridgehead atoms. The van der Waals surface area contributed by atoms with Crippen molar-refractivity contribution in [2.24, 2.45) is 0 Å². The molecule has 0 aliphatic carbocycles. The predicted octanol–water partition coefficient (Wildman–Crippen LogP) is 4.40. The van der Waals surface area contributed by atoms with Crippen LogP contribution in [-0.4, -0.2) is 37.0 Å². The number of piperazine rings is 1. The Bertz CT molecular complexity index is 724. The van der Waals surface area contributed by atoms with Gasteiger partial charge >= 0.3 is 0 Å². The van der Waals surface area contributed by atoms with Gasteiger partial charge in [0.15, 0.2) is 0 Å². The fourth-order valence-electron chi connectivity index (χ4n) is 3.24. The van der Waals surface area contributed by atoms with Crippen molar-refractivity contribution in [1.29, 1.82) is 0 Å². The zero-order valence-electron chi connectivity index (χ0n) is 15.2. The molecule has 1 saturated heterocycles. The number of nitrogens with one attached hydrogen (secondary N) is 1. The molecular weight excluding hydrogens is 346 g/mol. The first-order valence-electron chi connectivity index (χ1n) is 9.26. The van der Waals surface area contributed by atoms with Crippen LogP contribution >= 0.6 is 11.6 Å². The maximum absolute atomic E-state index is 11.7. The molecule has 26 heavy (non-hydrogen) atoms. The van der Waals surface area contributed by atoms with E-state index in [0.29, 0.717) is 6.42 Å². The Balaban J connectivity index is 1.51. The number of rotatable bonds is 6. The molecule has 0 saturated carbocycles. The van der Waals surface area contributed by atoms with Crippen molar-refractivity contribution in [2.75, 3.05) is 36.4 Å². The average molecular weight is 372 g/mol. The molecule has 1 fully saturated rings. The Labute approximate surface area is 160 Å². The normalized spacial score (nSPS) is 15.1. The van der Waals surface area contributed by atoms with Crippen LogP contribution in [0, 0.1) is 0 Å². The summed E-state index contributed by atoms with van der Waals surface area (Å²) in [4.78, 5) is 16.5. The summed E-state index contributed by atoms with van der Waals surface area (Å²) in [7, 11) is 0. The lowest BCUT2D eigenvalue weighted by molar-refractivity contribution is -0.116. The first-order valence-corrected chi connectivity index (χ1v) is 9.64. The third-order valence-corrected chi connectivity index (χ3v) is 5.09. The summed E-state index contributed by atoms with van der Waals surface area (Å²) < 4.78 is 0. The van der Waals surface area contributed by atoms with Gasteiger partial charge in [-0.05, 0) is 42.3 Å². The van der Waals surface area contributed by atoms with Gasteiger partial charge in [0.2, 0.25) is 5.91 Å². The number of hydrogen-bond donors (Lipinski definition) is 1. The van der Waals surface area contributed by atoms with E-state index in [9.17, 15) is 4.79 Å². The molecular formula is C21H26ClN3O. The average Bonchev–Trinajstić information content (AvgIpc) is 2.65. The van der Waals surface area contributed by atoms with Gasteiger partial charge in [-0.3, -0.25) is 9.69 Å². The maximum Gasteiger partial charge on any atom is 0.224 e. The number of halogens is 1. The fourth-order valence-corrected chi connectivity index (χ4v) is 3.43. The second-order valence-electron chi connectivity index (χ2n) is 6.70. The molecule has 0 unspecified atom stereocenters. The molecule has 2 aromatic rings. The summed E-state index contributed by atoms with van der Waals surface area (Å²) in [6.45, 7) is 6.92. The third-order valence-electron chi connectivity index (χ3n) is 4.72. The number of nitrogens with zero attached hydrogens (tertiary/aromatic N) is 2. The lowest BCUT2D eigenvalue weighted by atomic mass is 10.2. The number of carbonyl (C=O) groups is 1. The van der Waals surface area contributed by atoms with E-state index in [4.69, 9.17) is 11.6 Å². The molecule has 0 atom stereocenters. The van der Waals surface area contributed by atoms with Gasteiger partial charge < -0.3 is 10.2 Å². The van der Waals surface area contributed by atoms with Crippen LogP contribution in [0.2, 0.25) is 5.02 Å². The number of carbonyl (C=O) groups excluding carboxylic acids is 1. The Kier molecular flexibility index (Phi) is 6.53. The van der Waals surface area contributed by atoms with Gasteiger partial charge in [-0.25, -0.2) is 0 Å². The van der Waals surface area contributed by atoms with Crippen LogP contribution in [0.5, 0.6) is 0 Å². The molecule has 1 aliphatic heterocycles. The van der Waals surface area contributed by atoms with Crippen molar-refractivity contribution in [2.45, 2.75) is 26.3 Å². The molecule has 138 valence electrons. The minimum atomic E-state index is 0.0773. The number of anilines is 2. The summed E-state index contributed by atoms with van der Waals surface area (Å²) in [5.41, 5.74) is 3.26. The van der Waals surface area contributed by atoms with Crippen LogP contribution in [-0.2, 0) is 11.3 Å². The monoisotopic (exact) mass is 371 g/mol. The number of hydrogen-bond acceptors (Lipinski definition) is 3. The largest absolute Gasteiger partial charge is 0.369 e. The second-order valence-corrected chi connectivity index (χ2v) is 7.11. The lowest BCUT2D eigenvalue weighted by Gasteiger charge is -2.36. The van der Waals surface area contributed by atoms with Crippen LogP contribution < -0.4 is 10.2 Å². The van der Waals surface area contributed by atoms with E-state index in [1.807, 2.05) is 37.3 Å². The van der Waals surface area contributed by atoms with Gasteiger partial charge in [-0.1, -0.05) is 36.7 Å². The third kappa shape index (κ3) is 4.99. The topological polar surface area (TPSA) is 35.6 Å². The predicted molar refractivity (Wildman–Crippen MR) is 109 cm³/mol. The molecule has 1 N–H and O–H groups in total. The molecule has 0 aromatic heterocycles. The molecule has 5 heteroatoms. The Morgan fingerprint density at radius 1 is 1.04 bits per heavy atom. The minimum absolute atomic E-state index is 0.0773. The zero-order chi connectivity index (χ0) is 18.4. The molecule has 2 aromatic carbocycles. The SMILES string of the molecule is CCCC(=O)Nc1ccc(N2CCN(Cc3ccccc3Cl)CC2)cc1. The van der Waals surface area contributed by atoms with Crippen LogP contribution in [0.3, 0.4) is 0 Å². The van der Waals surface area contributed by atoms with E-state index >= 15 is 0 Å². The summed E-state index contributed by atoms with van der Waals surface area (Å²) >= 11 is 6.27. The highest BCUT2D eigenvalue weighted by atomic mass is 35.5. The Morgan fingerprint density at radius 3 is 2.38 bits per heavy atom. The minimum Gasteiger partial charge on any atom is -0.369 e. The van der Waals surface area contributed by atoms with Gasteiger partial charge in [0.25, 0.3) is 0 Å². The quantitative estimate of drug-likeness (QED) is 0.817. The van der Waals surface area contributed by atoms with E-state index in [1.54, 1.807) is 0 Å². The number of amides is 1. The highest BCUT2D eigenvalue weighted by Crippen LogP contribution is 2.22. The first kappa shape index (κ1) is 18.7.